The van der Waals surface area contributed by atoms with Gasteiger partial charge >= 0.3 is 0 Å². The fourth-order valence-electron chi connectivity index (χ4n) is 2.52. The van der Waals surface area contributed by atoms with Gasteiger partial charge in [0.2, 0.25) is 0 Å². The summed E-state index contributed by atoms with van der Waals surface area (Å²) in [6.07, 6.45) is 7.09. The second-order valence-corrected chi connectivity index (χ2v) is 5.22. The Balaban J connectivity index is 2.39. The molecule has 0 bridgehead atoms. The fraction of sp³-hybridized carbons (Fsp3) is 1.00. The molecule has 0 aromatic rings. The van der Waals surface area contributed by atoms with E-state index in [9.17, 15) is 0 Å². The summed E-state index contributed by atoms with van der Waals surface area (Å²) in [5.41, 5.74) is 5.94. The lowest BCUT2D eigenvalue weighted by Crippen LogP contribution is -2.42. The molecule has 0 aromatic heterocycles. The zero-order valence-electron chi connectivity index (χ0n) is 10.7. The van der Waals surface area contributed by atoms with E-state index in [2.05, 4.69) is 25.7 Å². The minimum absolute atomic E-state index is 0.322. The van der Waals surface area contributed by atoms with E-state index < -0.39 is 0 Å². The second kappa shape index (κ2) is 6.49. The average molecular weight is 212 g/mol. The van der Waals surface area contributed by atoms with Crippen LogP contribution in [0.2, 0.25) is 0 Å². The number of rotatable bonds is 5. The van der Waals surface area contributed by atoms with Crippen LogP contribution in [-0.4, -0.2) is 30.1 Å². The van der Waals surface area contributed by atoms with E-state index in [0.29, 0.717) is 12.0 Å². The molecule has 1 rings (SSSR count). The number of hydrogen-bond acceptors (Lipinski definition) is 2. The molecule has 0 aromatic carbocycles. The molecule has 0 amide bonds. The van der Waals surface area contributed by atoms with E-state index in [-0.39, 0.29) is 0 Å². The molecule has 1 saturated carbocycles. The largest absolute Gasteiger partial charge is 0.328 e. The first-order valence-corrected chi connectivity index (χ1v) is 6.64. The quantitative estimate of drug-likeness (QED) is 0.759. The molecule has 2 unspecified atom stereocenters. The van der Waals surface area contributed by atoms with Gasteiger partial charge in [-0.1, -0.05) is 33.1 Å². The fourth-order valence-corrected chi connectivity index (χ4v) is 2.52. The summed E-state index contributed by atoms with van der Waals surface area (Å²) in [5.74, 6) is 0.617. The summed E-state index contributed by atoms with van der Waals surface area (Å²) in [7, 11) is 0. The van der Waals surface area contributed by atoms with Crippen molar-refractivity contribution in [2.24, 2.45) is 11.7 Å². The minimum Gasteiger partial charge on any atom is -0.328 e. The van der Waals surface area contributed by atoms with Crippen LogP contribution in [0.15, 0.2) is 0 Å². The molecule has 2 heteroatoms. The van der Waals surface area contributed by atoms with Crippen molar-refractivity contribution < 1.29 is 0 Å². The van der Waals surface area contributed by atoms with Gasteiger partial charge in [0.25, 0.3) is 0 Å². The Labute approximate surface area is 95.2 Å². The molecular formula is C13H28N2. The van der Waals surface area contributed by atoms with Crippen LogP contribution in [0.1, 0.15) is 52.9 Å². The van der Waals surface area contributed by atoms with Gasteiger partial charge in [-0.05, 0) is 32.2 Å². The van der Waals surface area contributed by atoms with Crippen LogP contribution in [0.4, 0.5) is 0 Å². The lowest BCUT2D eigenvalue weighted by Gasteiger charge is -2.36. The first-order chi connectivity index (χ1) is 7.15. The zero-order valence-corrected chi connectivity index (χ0v) is 10.7. The van der Waals surface area contributed by atoms with Gasteiger partial charge in [-0.15, -0.1) is 0 Å². The highest BCUT2D eigenvalue weighted by molar-refractivity contribution is 4.78. The predicted octanol–water partition coefficient (Wildman–Crippen LogP) is 2.62. The van der Waals surface area contributed by atoms with Crippen molar-refractivity contribution in [3.63, 3.8) is 0 Å². The Kier molecular flexibility index (Phi) is 5.62. The van der Waals surface area contributed by atoms with Gasteiger partial charge in [0.05, 0.1) is 0 Å². The number of nitrogens with two attached hydrogens (primary N) is 1. The van der Waals surface area contributed by atoms with Gasteiger partial charge in [0, 0.05) is 18.6 Å². The molecule has 0 spiro atoms. The van der Waals surface area contributed by atoms with Crippen molar-refractivity contribution >= 4 is 0 Å². The maximum Gasteiger partial charge on any atom is 0.00952 e. The van der Waals surface area contributed by atoms with Crippen molar-refractivity contribution in [2.75, 3.05) is 13.1 Å². The number of hydrogen-bond donors (Lipinski definition) is 1. The highest BCUT2D eigenvalue weighted by atomic mass is 15.2. The summed E-state index contributed by atoms with van der Waals surface area (Å²) in [6, 6.07) is 1.16. The zero-order chi connectivity index (χ0) is 11.3. The van der Waals surface area contributed by atoms with Crippen molar-refractivity contribution in [2.45, 2.75) is 65.0 Å². The van der Waals surface area contributed by atoms with Gasteiger partial charge in [-0.2, -0.15) is 0 Å². The summed E-state index contributed by atoms with van der Waals surface area (Å²) >= 11 is 0. The molecule has 0 heterocycles. The van der Waals surface area contributed by atoms with E-state index >= 15 is 0 Å². The van der Waals surface area contributed by atoms with Gasteiger partial charge < -0.3 is 10.6 Å². The Morgan fingerprint density at radius 2 is 1.80 bits per heavy atom. The lowest BCUT2D eigenvalue weighted by molar-refractivity contribution is 0.138. The van der Waals surface area contributed by atoms with Crippen LogP contribution in [0.25, 0.3) is 0 Å². The SMILES string of the molecule is CCN(CC(C)C(C)N)C1CCCCC1. The van der Waals surface area contributed by atoms with Crippen LogP contribution in [0.5, 0.6) is 0 Å². The molecule has 1 aliphatic rings. The molecule has 15 heavy (non-hydrogen) atoms. The Hall–Kier alpha value is -0.0800. The summed E-state index contributed by atoms with van der Waals surface area (Å²) in [4.78, 5) is 2.65. The Bertz CT molecular complexity index is 162. The highest BCUT2D eigenvalue weighted by Crippen LogP contribution is 2.23. The first kappa shape index (κ1) is 13.0. The van der Waals surface area contributed by atoms with E-state index in [1.54, 1.807) is 0 Å². The molecule has 2 atom stereocenters. The van der Waals surface area contributed by atoms with E-state index in [1.807, 2.05) is 0 Å². The van der Waals surface area contributed by atoms with Gasteiger partial charge in [-0.25, -0.2) is 0 Å². The lowest BCUT2D eigenvalue weighted by atomic mass is 9.93. The average Bonchev–Trinajstić information content (AvgIpc) is 2.26. The van der Waals surface area contributed by atoms with Crippen molar-refractivity contribution in [1.82, 2.24) is 4.90 Å². The topological polar surface area (TPSA) is 29.3 Å². The third-order valence-electron chi connectivity index (χ3n) is 3.92. The van der Waals surface area contributed by atoms with Crippen molar-refractivity contribution in [1.29, 1.82) is 0 Å². The first-order valence-electron chi connectivity index (χ1n) is 6.64. The molecule has 90 valence electrons. The van der Waals surface area contributed by atoms with Crippen LogP contribution < -0.4 is 5.73 Å². The van der Waals surface area contributed by atoms with Crippen LogP contribution in [-0.2, 0) is 0 Å². The van der Waals surface area contributed by atoms with Gasteiger partial charge in [0.15, 0.2) is 0 Å². The smallest absolute Gasteiger partial charge is 0.00952 e. The van der Waals surface area contributed by atoms with Crippen LogP contribution in [0.3, 0.4) is 0 Å². The number of nitrogens with zero attached hydrogens (tertiary/aromatic N) is 1. The molecule has 1 aliphatic carbocycles. The second-order valence-electron chi connectivity index (χ2n) is 5.22. The maximum absolute atomic E-state index is 5.94. The van der Waals surface area contributed by atoms with E-state index in [1.165, 1.54) is 45.2 Å². The molecule has 2 nitrogen and oxygen atoms in total. The van der Waals surface area contributed by atoms with Gasteiger partial charge in [-0.3, -0.25) is 0 Å². The standard InChI is InChI=1S/C13H28N2/c1-4-15(10-11(2)12(3)14)13-8-6-5-7-9-13/h11-13H,4-10,14H2,1-3H3. The van der Waals surface area contributed by atoms with Crippen molar-refractivity contribution in [3.05, 3.63) is 0 Å². The predicted molar refractivity (Wildman–Crippen MR) is 66.9 cm³/mol. The molecule has 0 aliphatic heterocycles. The summed E-state index contributed by atoms with van der Waals surface area (Å²) < 4.78 is 0. The van der Waals surface area contributed by atoms with E-state index in [0.717, 1.165) is 6.04 Å². The minimum atomic E-state index is 0.322. The monoisotopic (exact) mass is 212 g/mol. The third-order valence-corrected chi connectivity index (χ3v) is 3.92. The molecule has 1 fully saturated rings. The third kappa shape index (κ3) is 4.12. The Morgan fingerprint density at radius 3 is 2.27 bits per heavy atom. The van der Waals surface area contributed by atoms with Gasteiger partial charge in [0.1, 0.15) is 0 Å². The Morgan fingerprint density at radius 1 is 1.20 bits per heavy atom. The highest BCUT2D eigenvalue weighted by Gasteiger charge is 2.22. The van der Waals surface area contributed by atoms with Crippen LogP contribution in [0, 0.1) is 5.92 Å². The van der Waals surface area contributed by atoms with Crippen molar-refractivity contribution in [3.8, 4) is 0 Å². The van der Waals surface area contributed by atoms with Crippen LogP contribution >= 0.6 is 0 Å². The molecule has 0 radical (unpaired) electrons. The molecule has 2 N–H and O–H groups in total. The summed E-state index contributed by atoms with van der Waals surface area (Å²) in [5, 5.41) is 0. The normalized spacial score (nSPS) is 23.0. The molecule has 0 saturated heterocycles. The molecular weight excluding hydrogens is 184 g/mol. The summed E-state index contributed by atoms with van der Waals surface area (Å²) in [6.45, 7) is 9.04. The van der Waals surface area contributed by atoms with E-state index in [4.69, 9.17) is 5.73 Å². The maximum atomic E-state index is 5.94.